The van der Waals surface area contributed by atoms with Gasteiger partial charge in [-0.15, -0.1) is 11.8 Å². The van der Waals surface area contributed by atoms with E-state index in [1.807, 2.05) is 61.7 Å². The van der Waals surface area contributed by atoms with Crippen LogP contribution in [0.5, 0.6) is 0 Å². The van der Waals surface area contributed by atoms with Crippen molar-refractivity contribution in [3.8, 4) is 0 Å². The third kappa shape index (κ3) is 3.48. The van der Waals surface area contributed by atoms with Gasteiger partial charge in [-0.1, -0.05) is 57.9 Å². The lowest BCUT2D eigenvalue weighted by Gasteiger charge is -2.10. The van der Waals surface area contributed by atoms with E-state index in [9.17, 15) is 4.79 Å². The molecule has 98 valence electrons. The zero-order valence-electron chi connectivity index (χ0n) is 10.9. The highest BCUT2D eigenvalue weighted by molar-refractivity contribution is 9.09. The lowest BCUT2D eigenvalue weighted by molar-refractivity contribution is 0.0991. The van der Waals surface area contributed by atoms with Gasteiger partial charge in [0.05, 0.1) is 0 Å². The molecule has 0 amide bonds. The molecule has 2 rings (SSSR count). The number of ketones is 1. The zero-order valence-corrected chi connectivity index (χ0v) is 13.3. The molecule has 0 bridgehead atoms. The number of thioether (sulfide) groups is 1. The highest BCUT2D eigenvalue weighted by atomic mass is 79.9. The zero-order chi connectivity index (χ0) is 13.8. The predicted molar refractivity (Wildman–Crippen MR) is 85.4 cm³/mol. The monoisotopic (exact) mass is 334 g/mol. The van der Waals surface area contributed by atoms with Crippen molar-refractivity contribution < 1.29 is 4.79 Å². The van der Waals surface area contributed by atoms with E-state index in [2.05, 4.69) is 15.9 Å². The van der Waals surface area contributed by atoms with Crippen LogP contribution in [-0.2, 0) is 0 Å². The Morgan fingerprint density at radius 3 is 2.16 bits per heavy atom. The first-order valence-corrected chi connectivity index (χ1v) is 8.15. The maximum absolute atomic E-state index is 12.4. The van der Waals surface area contributed by atoms with Gasteiger partial charge in [-0.05, 0) is 30.9 Å². The number of carbonyl (C=O) groups is 1. The van der Waals surface area contributed by atoms with E-state index in [0.717, 1.165) is 16.0 Å². The molecule has 1 atom stereocenters. The molecule has 0 aliphatic rings. The summed E-state index contributed by atoms with van der Waals surface area (Å²) in [6.07, 6.45) is 2.02. The van der Waals surface area contributed by atoms with Crippen LogP contribution in [-0.4, -0.2) is 12.0 Å². The van der Waals surface area contributed by atoms with Gasteiger partial charge in [-0.2, -0.15) is 0 Å². The summed E-state index contributed by atoms with van der Waals surface area (Å²) in [5, 5.41) is 0. The molecular formula is C16H15BrOS. The number of alkyl halides is 1. The Labute approximate surface area is 126 Å². The van der Waals surface area contributed by atoms with Gasteiger partial charge in [0.2, 0.25) is 0 Å². The molecule has 19 heavy (non-hydrogen) atoms. The molecule has 0 saturated heterocycles. The van der Waals surface area contributed by atoms with Crippen molar-refractivity contribution >= 4 is 33.5 Å². The van der Waals surface area contributed by atoms with Crippen molar-refractivity contribution in [1.29, 1.82) is 0 Å². The molecule has 2 aromatic carbocycles. The maximum atomic E-state index is 12.4. The molecule has 3 heteroatoms. The number of halogens is 1. The second kappa shape index (κ2) is 6.40. The molecule has 0 N–H and O–H groups in total. The number of rotatable bonds is 4. The molecule has 0 heterocycles. The first-order chi connectivity index (χ1) is 9.11. The van der Waals surface area contributed by atoms with E-state index in [1.165, 1.54) is 5.56 Å². The van der Waals surface area contributed by atoms with E-state index in [-0.39, 0.29) is 10.6 Å². The fourth-order valence-corrected chi connectivity index (χ4v) is 2.77. The predicted octanol–water partition coefficient (Wildman–Crippen LogP) is 5.04. The molecule has 0 fully saturated rings. The van der Waals surface area contributed by atoms with E-state index in [0.29, 0.717) is 0 Å². The van der Waals surface area contributed by atoms with E-state index in [1.54, 1.807) is 11.8 Å². The first kappa shape index (κ1) is 14.4. The van der Waals surface area contributed by atoms with Crippen LogP contribution in [0.25, 0.3) is 0 Å². The first-order valence-electron chi connectivity index (χ1n) is 6.00. The lowest BCUT2D eigenvalue weighted by atomic mass is 10.0. The van der Waals surface area contributed by atoms with Gasteiger partial charge in [0.25, 0.3) is 0 Å². The molecule has 0 radical (unpaired) electrons. The third-order valence-corrected chi connectivity index (χ3v) is 4.66. The smallest absolute Gasteiger partial charge is 0.180 e. The number of carbonyl (C=O) groups excluding carboxylic acids is 1. The van der Waals surface area contributed by atoms with Crippen molar-refractivity contribution in [2.45, 2.75) is 16.6 Å². The molecule has 0 saturated carbocycles. The van der Waals surface area contributed by atoms with Crippen LogP contribution in [0, 0.1) is 6.92 Å². The Balaban J connectivity index is 2.20. The molecule has 0 spiro atoms. The van der Waals surface area contributed by atoms with Crippen LogP contribution < -0.4 is 0 Å². The fourth-order valence-electron chi connectivity index (χ4n) is 1.79. The summed E-state index contributed by atoms with van der Waals surface area (Å²) in [6, 6.07) is 15.7. The Hall–Kier alpha value is -1.06. The molecule has 0 aliphatic heterocycles. The van der Waals surface area contributed by atoms with Crippen LogP contribution in [0.15, 0.2) is 53.4 Å². The molecule has 0 aliphatic carbocycles. The standard InChI is InChI=1S/C16H15BrOS/c1-11-3-5-12(6-4-11)15(17)16(18)13-7-9-14(19-2)10-8-13/h3-10,15H,1-2H3. The molecular weight excluding hydrogens is 320 g/mol. The Morgan fingerprint density at radius 1 is 1.05 bits per heavy atom. The summed E-state index contributed by atoms with van der Waals surface area (Å²) in [7, 11) is 0. The van der Waals surface area contributed by atoms with Crippen LogP contribution in [0.4, 0.5) is 0 Å². The van der Waals surface area contributed by atoms with Gasteiger partial charge in [-0.25, -0.2) is 0 Å². The van der Waals surface area contributed by atoms with E-state index >= 15 is 0 Å². The number of Topliss-reactive ketones (excluding diaryl/α,β-unsaturated/α-hetero) is 1. The van der Waals surface area contributed by atoms with Crippen molar-refractivity contribution in [3.05, 3.63) is 65.2 Å². The van der Waals surface area contributed by atoms with Gasteiger partial charge in [0.1, 0.15) is 4.83 Å². The lowest BCUT2D eigenvalue weighted by Crippen LogP contribution is -2.06. The molecule has 1 nitrogen and oxygen atoms in total. The van der Waals surface area contributed by atoms with Crippen molar-refractivity contribution in [1.82, 2.24) is 0 Å². The van der Waals surface area contributed by atoms with Crippen molar-refractivity contribution in [3.63, 3.8) is 0 Å². The Kier molecular flexibility index (Phi) is 4.83. The highest BCUT2D eigenvalue weighted by Gasteiger charge is 2.18. The van der Waals surface area contributed by atoms with Crippen molar-refractivity contribution in [2.75, 3.05) is 6.26 Å². The highest BCUT2D eigenvalue weighted by Crippen LogP contribution is 2.28. The minimum absolute atomic E-state index is 0.0940. The van der Waals surface area contributed by atoms with Gasteiger partial charge in [-0.3, -0.25) is 4.79 Å². The van der Waals surface area contributed by atoms with Crippen LogP contribution in [0.1, 0.15) is 26.3 Å². The summed E-state index contributed by atoms with van der Waals surface area (Å²) >= 11 is 5.17. The Bertz CT molecular complexity index is 560. The van der Waals surface area contributed by atoms with E-state index < -0.39 is 0 Å². The molecule has 2 aromatic rings. The summed E-state index contributed by atoms with van der Waals surface area (Å²) in [4.78, 5) is 13.3. The number of benzene rings is 2. The fraction of sp³-hybridized carbons (Fsp3) is 0.188. The molecule has 0 aromatic heterocycles. The summed E-state index contributed by atoms with van der Waals surface area (Å²) < 4.78 is 0. The van der Waals surface area contributed by atoms with Crippen molar-refractivity contribution in [2.24, 2.45) is 0 Å². The van der Waals surface area contributed by atoms with Crippen LogP contribution in [0.3, 0.4) is 0 Å². The average molecular weight is 335 g/mol. The van der Waals surface area contributed by atoms with Crippen LogP contribution in [0.2, 0.25) is 0 Å². The third-order valence-electron chi connectivity index (χ3n) is 2.97. The number of hydrogen-bond acceptors (Lipinski definition) is 2. The second-order valence-electron chi connectivity index (χ2n) is 4.37. The minimum atomic E-state index is -0.284. The average Bonchev–Trinajstić information content (AvgIpc) is 2.46. The van der Waals surface area contributed by atoms with Crippen LogP contribution >= 0.6 is 27.7 Å². The summed E-state index contributed by atoms with van der Waals surface area (Å²) in [5.41, 5.74) is 2.92. The van der Waals surface area contributed by atoms with Gasteiger partial charge in [0.15, 0.2) is 5.78 Å². The summed E-state index contributed by atoms with van der Waals surface area (Å²) in [5.74, 6) is 0.0940. The quantitative estimate of drug-likeness (QED) is 0.442. The SMILES string of the molecule is CSc1ccc(C(=O)C(Br)c2ccc(C)cc2)cc1. The summed E-state index contributed by atoms with van der Waals surface area (Å²) in [6.45, 7) is 2.04. The van der Waals surface area contributed by atoms with E-state index in [4.69, 9.17) is 0 Å². The minimum Gasteiger partial charge on any atom is -0.293 e. The van der Waals surface area contributed by atoms with Gasteiger partial charge >= 0.3 is 0 Å². The largest absolute Gasteiger partial charge is 0.293 e. The van der Waals surface area contributed by atoms with Gasteiger partial charge in [0, 0.05) is 10.5 Å². The topological polar surface area (TPSA) is 17.1 Å². The maximum Gasteiger partial charge on any atom is 0.180 e. The Morgan fingerprint density at radius 2 is 1.63 bits per heavy atom. The normalized spacial score (nSPS) is 12.2. The number of hydrogen-bond donors (Lipinski definition) is 0. The second-order valence-corrected chi connectivity index (χ2v) is 6.16. The van der Waals surface area contributed by atoms with Gasteiger partial charge < -0.3 is 0 Å². The number of aryl methyl sites for hydroxylation is 1. The molecule has 1 unspecified atom stereocenters.